The molecule has 5 rings (SSSR count). The SMILES string of the molecule is c1ccc2c(c1)NC1(CCCCCC1)c1c-2nc2ccccn12. The normalized spacial score (nSPS) is 19.0. The first-order valence-electron chi connectivity index (χ1n) is 8.73. The zero-order chi connectivity index (χ0) is 15.3. The Labute approximate surface area is 136 Å². The molecule has 2 aliphatic rings. The minimum atomic E-state index is 0.0287. The van der Waals surface area contributed by atoms with Crippen LogP contribution in [0, 0.1) is 0 Å². The van der Waals surface area contributed by atoms with E-state index in [1.807, 2.05) is 0 Å². The van der Waals surface area contributed by atoms with Crippen molar-refractivity contribution in [2.45, 2.75) is 44.1 Å². The number of fused-ring (bicyclic) bond motifs is 6. The molecule has 3 aromatic rings. The van der Waals surface area contributed by atoms with E-state index in [0.29, 0.717) is 0 Å². The molecule has 1 aromatic carbocycles. The molecule has 1 fully saturated rings. The second-order valence-electron chi connectivity index (χ2n) is 6.90. The van der Waals surface area contributed by atoms with Crippen molar-refractivity contribution in [1.29, 1.82) is 0 Å². The first-order chi connectivity index (χ1) is 11.4. The minimum absolute atomic E-state index is 0.0287. The van der Waals surface area contributed by atoms with Crippen molar-refractivity contribution >= 4 is 11.3 Å². The minimum Gasteiger partial charge on any atom is -0.373 e. The summed E-state index contributed by atoms with van der Waals surface area (Å²) in [5.41, 5.74) is 6.10. The van der Waals surface area contributed by atoms with Crippen LogP contribution in [0.15, 0.2) is 48.7 Å². The predicted octanol–water partition coefficient (Wildman–Crippen LogP) is 4.98. The average molecular weight is 303 g/mol. The van der Waals surface area contributed by atoms with Crippen molar-refractivity contribution in [1.82, 2.24) is 9.38 Å². The number of rotatable bonds is 0. The topological polar surface area (TPSA) is 29.3 Å². The molecule has 0 atom stereocenters. The Bertz CT molecular complexity index is 869. The number of pyridine rings is 1. The van der Waals surface area contributed by atoms with Gasteiger partial charge in [-0.25, -0.2) is 4.98 Å². The van der Waals surface area contributed by atoms with Crippen LogP contribution < -0.4 is 5.32 Å². The Morgan fingerprint density at radius 3 is 2.57 bits per heavy atom. The summed E-state index contributed by atoms with van der Waals surface area (Å²) in [6.45, 7) is 0. The van der Waals surface area contributed by atoms with Crippen molar-refractivity contribution < 1.29 is 0 Å². The van der Waals surface area contributed by atoms with Crippen molar-refractivity contribution in [3.8, 4) is 11.3 Å². The van der Waals surface area contributed by atoms with E-state index >= 15 is 0 Å². The number of nitrogens with one attached hydrogen (secondary N) is 1. The van der Waals surface area contributed by atoms with Gasteiger partial charge >= 0.3 is 0 Å². The highest BCUT2D eigenvalue weighted by Gasteiger charge is 2.41. The molecule has 3 nitrogen and oxygen atoms in total. The summed E-state index contributed by atoms with van der Waals surface area (Å²) in [5, 5.41) is 3.93. The summed E-state index contributed by atoms with van der Waals surface area (Å²) in [5.74, 6) is 0. The van der Waals surface area contributed by atoms with Crippen LogP contribution in [0.5, 0.6) is 0 Å². The molecule has 2 aromatic heterocycles. The van der Waals surface area contributed by atoms with Crippen LogP contribution in [0.2, 0.25) is 0 Å². The van der Waals surface area contributed by atoms with E-state index in [4.69, 9.17) is 4.98 Å². The fourth-order valence-corrected chi connectivity index (χ4v) is 4.45. The summed E-state index contributed by atoms with van der Waals surface area (Å²) in [4.78, 5) is 5.00. The third-order valence-corrected chi connectivity index (χ3v) is 5.50. The number of imidazole rings is 1. The molecular weight excluding hydrogens is 282 g/mol. The quantitative estimate of drug-likeness (QED) is 0.635. The summed E-state index contributed by atoms with van der Waals surface area (Å²) in [6.07, 6.45) is 9.81. The summed E-state index contributed by atoms with van der Waals surface area (Å²) in [6, 6.07) is 14.9. The lowest BCUT2D eigenvalue weighted by Crippen LogP contribution is -2.39. The van der Waals surface area contributed by atoms with Crippen LogP contribution in [0.1, 0.15) is 44.2 Å². The Balaban J connectivity index is 1.84. The van der Waals surface area contributed by atoms with E-state index in [9.17, 15) is 0 Å². The first-order valence-corrected chi connectivity index (χ1v) is 8.73. The van der Waals surface area contributed by atoms with Crippen LogP contribution in [-0.2, 0) is 5.54 Å². The number of para-hydroxylation sites is 1. The van der Waals surface area contributed by atoms with Gasteiger partial charge in [0.05, 0.1) is 16.9 Å². The monoisotopic (exact) mass is 303 g/mol. The highest BCUT2D eigenvalue weighted by Crippen LogP contribution is 2.48. The molecule has 0 amide bonds. The van der Waals surface area contributed by atoms with E-state index in [1.54, 1.807) is 0 Å². The van der Waals surface area contributed by atoms with Crippen LogP contribution in [0.4, 0.5) is 5.69 Å². The van der Waals surface area contributed by atoms with Gasteiger partial charge < -0.3 is 9.72 Å². The lowest BCUT2D eigenvalue weighted by molar-refractivity contribution is 0.408. The number of hydrogen-bond acceptors (Lipinski definition) is 2. The molecule has 0 saturated heterocycles. The number of benzene rings is 1. The van der Waals surface area contributed by atoms with Gasteiger partial charge in [-0.15, -0.1) is 0 Å². The molecule has 1 aliphatic heterocycles. The molecule has 1 saturated carbocycles. The van der Waals surface area contributed by atoms with E-state index < -0.39 is 0 Å². The second kappa shape index (κ2) is 4.85. The molecule has 1 spiro atoms. The lowest BCUT2D eigenvalue weighted by Gasteiger charge is -2.39. The summed E-state index contributed by atoms with van der Waals surface area (Å²) >= 11 is 0. The first kappa shape index (κ1) is 13.2. The fraction of sp³-hybridized carbons (Fsp3) is 0.350. The molecule has 1 aliphatic carbocycles. The number of anilines is 1. The van der Waals surface area contributed by atoms with Gasteiger partial charge in [0.25, 0.3) is 0 Å². The van der Waals surface area contributed by atoms with E-state index in [-0.39, 0.29) is 5.54 Å². The maximum atomic E-state index is 5.00. The third kappa shape index (κ3) is 1.86. The van der Waals surface area contributed by atoms with Crippen LogP contribution in [0.25, 0.3) is 16.9 Å². The summed E-state index contributed by atoms with van der Waals surface area (Å²) in [7, 11) is 0. The van der Waals surface area contributed by atoms with Gasteiger partial charge in [-0.05, 0) is 31.0 Å². The standard InChI is InChI=1S/C20H21N3/c1-2-7-13-20(12-6-1)19-18(15-9-3-4-10-16(15)22-20)21-17-11-5-8-14-23(17)19/h3-5,8-11,14,22H,1-2,6-7,12-13H2. The molecule has 0 bridgehead atoms. The maximum absolute atomic E-state index is 5.00. The zero-order valence-corrected chi connectivity index (χ0v) is 13.3. The number of nitrogens with zero attached hydrogens (tertiary/aromatic N) is 2. The Morgan fingerprint density at radius 1 is 0.913 bits per heavy atom. The molecule has 116 valence electrons. The molecule has 0 unspecified atom stereocenters. The fourth-order valence-electron chi connectivity index (χ4n) is 4.45. The molecule has 3 heterocycles. The predicted molar refractivity (Wildman–Crippen MR) is 93.6 cm³/mol. The van der Waals surface area contributed by atoms with E-state index in [1.165, 1.54) is 61.2 Å². The zero-order valence-electron chi connectivity index (χ0n) is 13.3. The molecular formula is C20H21N3. The molecule has 3 heteroatoms. The molecule has 23 heavy (non-hydrogen) atoms. The Morgan fingerprint density at radius 2 is 1.70 bits per heavy atom. The van der Waals surface area contributed by atoms with Crippen LogP contribution in [-0.4, -0.2) is 9.38 Å². The van der Waals surface area contributed by atoms with Gasteiger partial charge in [0.2, 0.25) is 0 Å². The highest BCUT2D eigenvalue weighted by molar-refractivity contribution is 5.83. The Hall–Kier alpha value is -2.29. The van der Waals surface area contributed by atoms with Gasteiger partial charge in [-0.1, -0.05) is 49.9 Å². The van der Waals surface area contributed by atoms with Crippen molar-refractivity contribution in [3.05, 3.63) is 54.4 Å². The largest absolute Gasteiger partial charge is 0.373 e. The molecule has 1 N–H and O–H groups in total. The number of hydrogen-bond donors (Lipinski definition) is 1. The highest BCUT2D eigenvalue weighted by atomic mass is 15.1. The van der Waals surface area contributed by atoms with Gasteiger partial charge in [0.1, 0.15) is 5.65 Å². The Kier molecular flexibility index (Phi) is 2.78. The maximum Gasteiger partial charge on any atom is 0.137 e. The van der Waals surface area contributed by atoms with Crippen molar-refractivity contribution in [3.63, 3.8) is 0 Å². The number of aromatic nitrogens is 2. The van der Waals surface area contributed by atoms with E-state index in [0.717, 1.165) is 5.65 Å². The lowest BCUT2D eigenvalue weighted by atomic mass is 9.81. The van der Waals surface area contributed by atoms with Gasteiger partial charge in [0, 0.05) is 17.4 Å². The van der Waals surface area contributed by atoms with Gasteiger partial charge in [0.15, 0.2) is 0 Å². The third-order valence-electron chi connectivity index (χ3n) is 5.50. The smallest absolute Gasteiger partial charge is 0.137 e. The average Bonchev–Trinajstić information content (AvgIpc) is 2.85. The van der Waals surface area contributed by atoms with Crippen molar-refractivity contribution in [2.75, 3.05) is 5.32 Å². The van der Waals surface area contributed by atoms with Crippen molar-refractivity contribution in [2.24, 2.45) is 0 Å². The van der Waals surface area contributed by atoms with E-state index in [2.05, 4.69) is 58.4 Å². The summed E-state index contributed by atoms with van der Waals surface area (Å²) < 4.78 is 2.31. The molecule has 0 radical (unpaired) electrons. The van der Waals surface area contributed by atoms with Gasteiger partial charge in [-0.3, -0.25) is 0 Å². The second-order valence-corrected chi connectivity index (χ2v) is 6.90. The van der Waals surface area contributed by atoms with Crippen LogP contribution in [0.3, 0.4) is 0 Å². The van der Waals surface area contributed by atoms with Crippen LogP contribution >= 0.6 is 0 Å². The van der Waals surface area contributed by atoms with Gasteiger partial charge in [-0.2, -0.15) is 0 Å².